The number of hydrogen-bond acceptors (Lipinski definition) is 2. The van der Waals surface area contributed by atoms with Crippen molar-refractivity contribution in [3.05, 3.63) is 0 Å². The molecule has 2 fully saturated rings. The maximum Gasteiger partial charge on any atom is 0.317 e. The van der Waals surface area contributed by atoms with E-state index in [0.29, 0.717) is 13.0 Å². The van der Waals surface area contributed by atoms with Crippen LogP contribution in [-0.4, -0.2) is 42.5 Å². The second-order valence-electron chi connectivity index (χ2n) is 5.16. The van der Waals surface area contributed by atoms with Crippen molar-refractivity contribution in [2.24, 2.45) is 5.92 Å². The molecule has 17 heavy (non-hydrogen) atoms. The molecule has 2 aliphatic heterocycles. The van der Waals surface area contributed by atoms with Crippen molar-refractivity contribution in [2.75, 3.05) is 19.6 Å². The van der Waals surface area contributed by atoms with E-state index in [-0.39, 0.29) is 18.0 Å². The second kappa shape index (κ2) is 5.38. The molecule has 2 rings (SSSR count). The summed E-state index contributed by atoms with van der Waals surface area (Å²) >= 11 is 0. The Bertz CT molecular complexity index is 288. The molecule has 2 N–H and O–H groups in total. The smallest absolute Gasteiger partial charge is 0.317 e. The van der Waals surface area contributed by atoms with E-state index in [2.05, 4.69) is 17.6 Å². The maximum absolute atomic E-state index is 12.0. The van der Waals surface area contributed by atoms with Gasteiger partial charge in [0.15, 0.2) is 0 Å². The Kier molecular flexibility index (Phi) is 3.86. The van der Waals surface area contributed by atoms with Crippen LogP contribution in [-0.2, 0) is 4.79 Å². The Morgan fingerprint density at radius 3 is 2.65 bits per heavy atom. The minimum atomic E-state index is 0.0260. The van der Waals surface area contributed by atoms with Crippen LogP contribution in [0.25, 0.3) is 0 Å². The van der Waals surface area contributed by atoms with Gasteiger partial charge in [0, 0.05) is 32.1 Å². The predicted molar refractivity (Wildman–Crippen MR) is 64.5 cm³/mol. The van der Waals surface area contributed by atoms with Crippen molar-refractivity contribution in [1.82, 2.24) is 15.5 Å². The van der Waals surface area contributed by atoms with E-state index in [4.69, 9.17) is 0 Å². The van der Waals surface area contributed by atoms with Gasteiger partial charge in [0.1, 0.15) is 0 Å². The molecular weight excluding hydrogens is 218 g/mol. The summed E-state index contributed by atoms with van der Waals surface area (Å²) in [5, 5.41) is 5.77. The number of nitrogens with zero attached hydrogens (tertiary/aromatic N) is 1. The number of carbonyl (C=O) groups excluding carboxylic acids is 2. The molecule has 0 aromatic carbocycles. The molecule has 0 radical (unpaired) electrons. The van der Waals surface area contributed by atoms with Crippen LogP contribution in [0.4, 0.5) is 4.79 Å². The number of piperidine rings is 2. The van der Waals surface area contributed by atoms with Gasteiger partial charge in [0.25, 0.3) is 0 Å². The molecule has 2 heterocycles. The summed E-state index contributed by atoms with van der Waals surface area (Å²) in [5.41, 5.74) is 0. The number of nitrogens with one attached hydrogen (secondary N) is 2. The maximum atomic E-state index is 12.0. The molecule has 2 aliphatic rings. The number of likely N-dealkylation sites (tertiary alicyclic amines) is 1. The van der Waals surface area contributed by atoms with Crippen LogP contribution in [0, 0.1) is 5.92 Å². The third-order valence-corrected chi connectivity index (χ3v) is 3.66. The molecule has 1 atom stereocenters. The Hall–Kier alpha value is -1.26. The lowest BCUT2D eigenvalue weighted by molar-refractivity contribution is -0.122. The van der Waals surface area contributed by atoms with Gasteiger partial charge >= 0.3 is 6.03 Å². The zero-order valence-electron chi connectivity index (χ0n) is 10.4. The Morgan fingerprint density at radius 2 is 2.06 bits per heavy atom. The average Bonchev–Trinajstić information content (AvgIpc) is 2.33. The van der Waals surface area contributed by atoms with Crippen LogP contribution in [0.5, 0.6) is 0 Å². The Balaban J connectivity index is 1.75. The molecule has 0 aromatic rings. The lowest BCUT2D eigenvalue weighted by Gasteiger charge is -2.32. The van der Waals surface area contributed by atoms with Crippen molar-refractivity contribution in [3.63, 3.8) is 0 Å². The van der Waals surface area contributed by atoms with E-state index in [1.165, 1.54) is 0 Å². The minimum Gasteiger partial charge on any atom is -0.354 e. The Morgan fingerprint density at radius 1 is 1.35 bits per heavy atom. The highest BCUT2D eigenvalue weighted by atomic mass is 16.2. The fourth-order valence-corrected chi connectivity index (χ4v) is 2.33. The number of hydrogen-bond donors (Lipinski definition) is 2. The summed E-state index contributed by atoms with van der Waals surface area (Å²) in [4.78, 5) is 24.8. The summed E-state index contributed by atoms with van der Waals surface area (Å²) in [6.45, 7) is 4.50. The van der Waals surface area contributed by atoms with Gasteiger partial charge in [-0.15, -0.1) is 0 Å². The van der Waals surface area contributed by atoms with E-state index in [9.17, 15) is 9.59 Å². The number of carbonyl (C=O) groups is 2. The summed E-state index contributed by atoms with van der Waals surface area (Å²) in [6, 6.07) is 0.123. The average molecular weight is 239 g/mol. The highest BCUT2D eigenvalue weighted by Gasteiger charge is 2.24. The van der Waals surface area contributed by atoms with Crippen LogP contribution < -0.4 is 10.6 Å². The van der Waals surface area contributed by atoms with Crippen LogP contribution in [0.1, 0.15) is 32.6 Å². The molecule has 3 amide bonds. The summed E-state index contributed by atoms with van der Waals surface area (Å²) in [5.74, 6) is 0.815. The van der Waals surface area contributed by atoms with E-state index in [0.717, 1.165) is 38.3 Å². The van der Waals surface area contributed by atoms with Gasteiger partial charge in [0.05, 0.1) is 0 Å². The zero-order chi connectivity index (χ0) is 12.3. The first-order valence-electron chi connectivity index (χ1n) is 6.47. The van der Waals surface area contributed by atoms with Crippen molar-refractivity contribution in [1.29, 1.82) is 0 Å². The number of amides is 3. The molecule has 0 aromatic heterocycles. The van der Waals surface area contributed by atoms with Gasteiger partial charge in [-0.25, -0.2) is 4.79 Å². The van der Waals surface area contributed by atoms with Crippen molar-refractivity contribution in [3.8, 4) is 0 Å². The predicted octanol–water partition coefficient (Wildman–Crippen LogP) is 0.706. The summed E-state index contributed by atoms with van der Waals surface area (Å²) in [7, 11) is 0. The summed E-state index contributed by atoms with van der Waals surface area (Å²) < 4.78 is 0. The SMILES string of the molecule is CC1CCN(C(=O)NC2CCC(=O)NC2)CC1. The lowest BCUT2D eigenvalue weighted by atomic mass is 9.99. The highest BCUT2D eigenvalue weighted by molar-refractivity contribution is 5.78. The molecule has 96 valence electrons. The standard InChI is InChI=1S/C12H21N3O2/c1-9-4-6-15(7-5-9)12(17)14-10-2-3-11(16)13-8-10/h9-10H,2-8H2,1H3,(H,13,16)(H,14,17). The van der Waals surface area contributed by atoms with Gasteiger partial charge in [-0.05, 0) is 25.2 Å². The molecule has 0 bridgehead atoms. The lowest BCUT2D eigenvalue weighted by Crippen LogP contribution is -2.52. The molecule has 0 spiro atoms. The van der Waals surface area contributed by atoms with Crippen molar-refractivity contribution >= 4 is 11.9 Å². The van der Waals surface area contributed by atoms with Gasteiger partial charge in [-0.1, -0.05) is 6.92 Å². The van der Waals surface area contributed by atoms with Gasteiger partial charge in [-0.3, -0.25) is 4.79 Å². The zero-order valence-corrected chi connectivity index (χ0v) is 10.4. The van der Waals surface area contributed by atoms with Crippen LogP contribution >= 0.6 is 0 Å². The minimum absolute atomic E-state index is 0.0260. The molecule has 0 saturated carbocycles. The third-order valence-electron chi connectivity index (χ3n) is 3.66. The fraction of sp³-hybridized carbons (Fsp3) is 0.833. The molecule has 5 heteroatoms. The van der Waals surface area contributed by atoms with Crippen LogP contribution in [0.2, 0.25) is 0 Å². The van der Waals surface area contributed by atoms with Crippen molar-refractivity contribution < 1.29 is 9.59 Å². The highest BCUT2D eigenvalue weighted by Crippen LogP contribution is 2.16. The first-order chi connectivity index (χ1) is 8.15. The molecule has 2 saturated heterocycles. The second-order valence-corrected chi connectivity index (χ2v) is 5.16. The Labute approximate surface area is 102 Å². The molecule has 5 nitrogen and oxygen atoms in total. The normalized spacial score (nSPS) is 26.5. The van der Waals surface area contributed by atoms with Gasteiger partial charge in [-0.2, -0.15) is 0 Å². The van der Waals surface area contributed by atoms with Crippen LogP contribution in [0.3, 0.4) is 0 Å². The van der Waals surface area contributed by atoms with Crippen LogP contribution in [0.15, 0.2) is 0 Å². The van der Waals surface area contributed by atoms with Crippen molar-refractivity contribution in [2.45, 2.75) is 38.6 Å². The van der Waals surface area contributed by atoms with E-state index in [1.54, 1.807) is 0 Å². The molecule has 0 aliphatic carbocycles. The fourth-order valence-electron chi connectivity index (χ4n) is 2.33. The number of rotatable bonds is 1. The topological polar surface area (TPSA) is 61.4 Å². The van der Waals surface area contributed by atoms with E-state index >= 15 is 0 Å². The van der Waals surface area contributed by atoms with Gasteiger partial charge < -0.3 is 15.5 Å². The quantitative estimate of drug-likeness (QED) is 0.708. The molecule has 1 unspecified atom stereocenters. The largest absolute Gasteiger partial charge is 0.354 e. The monoisotopic (exact) mass is 239 g/mol. The first kappa shape index (κ1) is 12.2. The third kappa shape index (κ3) is 3.35. The van der Waals surface area contributed by atoms with E-state index in [1.807, 2.05) is 4.90 Å². The van der Waals surface area contributed by atoms with E-state index < -0.39 is 0 Å². The first-order valence-corrected chi connectivity index (χ1v) is 6.47. The summed E-state index contributed by atoms with van der Waals surface area (Å²) in [6.07, 6.45) is 3.45. The molecular formula is C12H21N3O2. The number of urea groups is 1. The van der Waals surface area contributed by atoms with Gasteiger partial charge in [0.2, 0.25) is 5.91 Å².